The highest BCUT2D eigenvalue weighted by Gasteiger charge is 2.35. The number of benzene rings is 2. The molecule has 0 aromatic heterocycles. The number of esters is 1. The normalized spacial score (nSPS) is 18.9. The number of ether oxygens (including phenoxy) is 2. The number of carbonyl (C=O) groups is 2. The number of fused-ring (bicyclic) bond motifs is 1. The summed E-state index contributed by atoms with van der Waals surface area (Å²) in [5.41, 5.74) is 0.668. The van der Waals surface area contributed by atoms with E-state index in [1.807, 2.05) is 4.90 Å². The third-order valence-electron chi connectivity index (χ3n) is 5.41. The van der Waals surface area contributed by atoms with E-state index in [1.165, 1.54) is 6.07 Å². The summed E-state index contributed by atoms with van der Waals surface area (Å²) in [6.07, 6.45) is -5.47. The van der Waals surface area contributed by atoms with Crippen LogP contribution in [0.15, 0.2) is 42.5 Å². The van der Waals surface area contributed by atoms with Gasteiger partial charge < -0.3 is 19.7 Å². The highest BCUT2D eigenvalue weighted by Crippen LogP contribution is 2.35. The first-order valence-corrected chi connectivity index (χ1v) is 9.92. The molecule has 1 N–H and O–H groups in total. The van der Waals surface area contributed by atoms with E-state index in [1.54, 1.807) is 30.3 Å². The molecule has 6 nitrogen and oxygen atoms in total. The van der Waals surface area contributed by atoms with Gasteiger partial charge in [-0.05, 0) is 29.3 Å². The minimum Gasteiger partial charge on any atom is -0.448 e. The summed E-state index contributed by atoms with van der Waals surface area (Å²) >= 11 is 0. The van der Waals surface area contributed by atoms with Crippen LogP contribution >= 0.6 is 0 Å². The predicted molar refractivity (Wildman–Crippen MR) is 106 cm³/mol. The molecule has 1 saturated heterocycles. The SMILES string of the molecule is O=C1OC(C(=O)NCc2ccc(N3CCOCC3)cc2C(F)(F)F)Cc2ccccc21. The number of rotatable bonds is 4. The lowest BCUT2D eigenvalue weighted by molar-refractivity contribution is -0.138. The first-order valence-electron chi connectivity index (χ1n) is 9.92. The van der Waals surface area contributed by atoms with Crippen molar-refractivity contribution >= 4 is 17.6 Å². The van der Waals surface area contributed by atoms with Crippen molar-refractivity contribution in [2.75, 3.05) is 31.2 Å². The molecule has 4 rings (SSSR count). The fourth-order valence-corrected chi connectivity index (χ4v) is 3.77. The molecular formula is C22H21F3N2O4. The molecule has 2 aliphatic rings. The number of halogens is 3. The lowest BCUT2D eigenvalue weighted by Gasteiger charge is -2.30. The fourth-order valence-electron chi connectivity index (χ4n) is 3.77. The Hall–Kier alpha value is -3.07. The monoisotopic (exact) mass is 434 g/mol. The zero-order valence-corrected chi connectivity index (χ0v) is 16.6. The lowest BCUT2D eigenvalue weighted by atomic mass is 9.98. The van der Waals surface area contributed by atoms with Crippen LogP contribution in [-0.2, 0) is 33.4 Å². The van der Waals surface area contributed by atoms with Crippen LogP contribution in [0, 0.1) is 0 Å². The first kappa shape index (κ1) is 21.2. The number of anilines is 1. The van der Waals surface area contributed by atoms with Gasteiger partial charge >= 0.3 is 12.1 Å². The molecule has 2 heterocycles. The topological polar surface area (TPSA) is 67.9 Å². The third kappa shape index (κ3) is 4.66. The van der Waals surface area contributed by atoms with E-state index in [9.17, 15) is 22.8 Å². The second kappa shape index (κ2) is 8.58. The predicted octanol–water partition coefficient (Wildman–Crippen LogP) is 2.94. The van der Waals surface area contributed by atoms with Crippen molar-refractivity contribution in [3.63, 3.8) is 0 Å². The molecule has 1 atom stereocenters. The van der Waals surface area contributed by atoms with E-state index in [0.717, 1.165) is 6.07 Å². The van der Waals surface area contributed by atoms with Crippen LogP contribution in [0.5, 0.6) is 0 Å². The quantitative estimate of drug-likeness (QED) is 0.750. The Labute approximate surface area is 176 Å². The van der Waals surface area contributed by atoms with Crippen LogP contribution in [-0.4, -0.2) is 44.3 Å². The summed E-state index contributed by atoms with van der Waals surface area (Å²) in [5, 5.41) is 2.48. The maximum absolute atomic E-state index is 13.7. The first-order chi connectivity index (χ1) is 14.8. The van der Waals surface area contributed by atoms with E-state index in [2.05, 4.69) is 5.32 Å². The highest BCUT2D eigenvalue weighted by molar-refractivity contribution is 5.95. The molecule has 1 unspecified atom stereocenters. The van der Waals surface area contributed by atoms with Gasteiger partial charge in [0.2, 0.25) is 0 Å². The molecule has 164 valence electrons. The van der Waals surface area contributed by atoms with Crippen molar-refractivity contribution in [2.24, 2.45) is 0 Å². The van der Waals surface area contributed by atoms with Gasteiger partial charge in [0.1, 0.15) is 0 Å². The van der Waals surface area contributed by atoms with Crippen LogP contribution in [0.2, 0.25) is 0 Å². The Morgan fingerprint density at radius 3 is 2.61 bits per heavy atom. The van der Waals surface area contributed by atoms with Crippen LogP contribution < -0.4 is 10.2 Å². The number of carbonyl (C=O) groups excluding carboxylic acids is 2. The Morgan fingerprint density at radius 1 is 1.13 bits per heavy atom. The largest absolute Gasteiger partial charge is 0.448 e. The summed E-state index contributed by atoms with van der Waals surface area (Å²) in [5.74, 6) is -1.25. The van der Waals surface area contributed by atoms with Gasteiger partial charge in [-0.25, -0.2) is 4.79 Å². The van der Waals surface area contributed by atoms with Crippen LogP contribution in [0.1, 0.15) is 27.0 Å². The number of morpholine rings is 1. The number of cyclic esters (lactones) is 1. The maximum Gasteiger partial charge on any atom is 0.416 e. The fraction of sp³-hybridized carbons (Fsp3) is 0.364. The molecule has 0 aliphatic carbocycles. The van der Waals surface area contributed by atoms with Gasteiger partial charge in [0.15, 0.2) is 6.10 Å². The number of nitrogens with zero attached hydrogens (tertiary/aromatic N) is 1. The minimum absolute atomic E-state index is 0.0552. The Balaban J connectivity index is 1.47. The number of hydrogen-bond donors (Lipinski definition) is 1. The second-order valence-corrected chi connectivity index (χ2v) is 7.41. The molecule has 2 aromatic rings. The van der Waals surface area contributed by atoms with Crippen molar-refractivity contribution in [3.8, 4) is 0 Å². The molecule has 0 radical (unpaired) electrons. The molecule has 0 saturated carbocycles. The standard InChI is InChI=1S/C22H21F3N2O4/c23-22(24,25)18-12-16(27-7-9-30-10-8-27)6-5-15(18)13-26-20(28)19-11-14-3-1-2-4-17(14)21(29)31-19/h1-6,12,19H,7-11,13H2,(H,26,28). The van der Waals surface area contributed by atoms with E-state index >= 15 is 0 Å². The summed E-state index contributed by atoms with van der Waals surface area (Å²) in [6, 6.07) is 10.9. The van der Waals surface area contributed by atoms with Gasteiger partial charge in [-0.2, -0.15) is 13.2 Å². The molecule has 9 heteroatoms. The number of amides is 1. The second-order valence-electron chi connectivity index (χ2n) is 7.41. The minimum atomic E-state index is -4.57. The van der Waals surface area contributed by atoms with Crippen molar-refractivity contribution < 1.29 is 32.2 Å². The lowest BCUT2D eigenvalue weighted by Crippen LogP contribution is -2.41. The molecule has 2 aromatic carbocycles. The smallest absolute Gasteiger partial charge is 0.416 e. The number of alkyl halides is 3. The molecule has 1 amide bonds. The molecular weight excluding hydrogens is 413 g/mol. The van der Waals surface area contributed by atoms with Gasteiger partial charge in [0, 0.05) is 31.7 Å². The van der Waals surface area contributed by atoms with Crippen molar-refractivity contribution in [1.29, 1.82) is 0 Å². The molecule has 2 aliphatic heterocycles. The summed E-state index contributed by atoms with van der Waals surface area (Å²) in [7, 11) is 0. The van der Waals surface area contributed by atoms with E-state index in [4.69, 9.17) is 9.47 Å². The van der Waals surface area contributed by atoms with Gasteiger partial charge in [0.05, 0.1) is 24.3 Å². The van der Waals surface area contributed by atoms with E-state index in [-0.39, 0.29) is 18.5 Å². The summed E-state index contributed by atoms with van der Waals surface area (Å²) in [6.45, 7) is 1.63. The number of nitrogens with one attached hydrogen (secondary N) is 1. The molecule has 1 fully saturated rings. The maximum atomic E-state index is 13.7. The van der Waals surface area contributed by atoms with Crippen molar-refractivity contribution in [2.45, 2.75) is 25.2 Å². The molecule has 31 heavy (non-hydrogen) atoms. The van der Waals surface area contributed by atoms with Gasteiger partial charge in [-0.3, -0.25) is 4.79 Å². The Kier molecular flexibility index (Phi) is 5.86. The Bertz CT molecular complexity index is 987. The Morgan fingerprint density at radius 2 is 1.87 bits per heavy atom. The highest BCUT2D eigenvalue weighted by atomic mass is 19.4. The third-order valence-corrected chi connectivity index (χ3v) is 5.41. The molecule has 0 bridgehead atoms. The van der Waals surface area contributed by atoms with Crippen LogP contribution in [0.3, 0.4) is 0 Å². The summed E-state index contributed by atoms with van der Waals surface area (Å²) < 4.78 is 51.4. The van der Waals surface area contributed by atoms with Crippen molar-refractivity contribution in [3.05, 3.63) is 64.7 Å². The van der Waals surface area contributed by atoms with Gasteiger partial charge in [-0.15, -0.1) is 0 Å². The van der Waals surface area contributed by atoms with E-state index in [0.29, 0.717) is 43.1 Å². The van der Waals surface area contributed by atoms with E-state index < -0.39 is 29.7 Å². The van der Waals surface area contributed by atoms with Gasteiger partial charge in [-0.1, -0.05) is 24.3 Å². The zero-order chi connectivity index (χ0) is 22.0. The average molecular weight is 434 g/mol. The van der Waals surface area contributed by atoms with Crippen LogP contribution in [0.25, 0.3) is 0 Å². The molecule has 0 spiro atoms. The van der Waals surface area contributed by atoms with Crippen molar-refractivity contribution in [1.82, 2.24) is 5.32 Å². The average Bonchev–Trinajstić information content (AvgIpc) is 2.77. The zero-order valence-electron chi connectivity index (χ0n) is 16.6. The summed E-state index contributed by atoms with van der Waals surface area (Å²) in [4.78, 5) is 26.4. The van der Waals surface area contributed by atoms with Gasteiger partial charge in [0.25, 0.3) is 5.91 Å². The van der Waals surface area contributed by atoms with Crippen LogP contribution in [0.4, 0.5) is 18.9 Å². The number of hydrogen-bond acceptors (Lipinski definition) is 5.